The third-order valence-electron chi connectivity index (χ3n) is 11.0. The molecule has 0 fully saturated rings. The molecule has 352 valence electrons. The Balaban J connectivity index is 4.42. The van der Waals surface area contributed by atoms with Crippen LogP contribution in [0.3, 0.4) is 0 Å². The minimum Gasteiger partial charge on any atom is -0.462 e. The van der Waals surface area contributed by atoms with Gasteiger partial charge in [0, 0.05) is 19.3 Å². The molecular weight excluding hydrogens is 757 g/mol. The fraction of sp³-hybridized carbons (Fsp3) is 0.764. The molecule has 0 heterocycles. The van der Waals surface area contributed by atoms with Crippen molar-refractivity contribution in [2.24, 2.45) is 0 Å². The molecule has 61 heavy (non-hydrogen) atoms. The number of esters is 3. The molecular formula is C55H96O6. The summed E-state index contributed by atoms with van der Waals surface area (Å²) >= 11 is 0. The van der Waals surface area contributed by atoms with E-state index in [1.807, 2.05) is 0 Å². The van der Waals surface area contributed by atoms with Gasteiger partial charge in [-0.3, -0.25) is 14.4 Å². The Morgan fingerprint density at radius 2 is 0.639 bits per heavy atom. The Labute approximate surface area is 377 Å². The number of unbranched alkanes of at least 4 members (excludes halogenated alkanes) is 25. The second kappa shape index (κ2) is 49.8. The van der Waals surface area contributed by atoms with E-state index in [1.165, 1.54) is 109 Å². The number of carbonyl (C=O) groups excluding carboxylic acids is 3. The standard InChI is InChI=1S/C55H96O6/c1-4-7-10-13-16-19-22-25-27-30-33-36-39-42-45-48-54(57)60-51-52(50-59-53(56)47-44-41-38-35-32-29-24-21-18-15-12-9-6-3)61-55(58)49-46-43-40-37-34-31-28-26-23-20-17-14-11-8-5-2/h9,12,16,18-19,21,25,27,29,32,52H,4-8,10-11,13-15,17,20,22-24,26,28,30-31,33-51H2,1-3H3/b12-9-,19-16-,21-18-,27-25-,32-29-. The maximum absolute atomic E-state index is 12.8. The smallest absolute Gasteiger partial charge is 0.306 e. The van der Waals surface area contributed by atoms with Crippen molar-refractivity contribution < 1.29 is 28.6 Å². The Kier molecular flexibility index (Phi) is 47.4. The van der Waals surface area contributed by atoms with E-state index in [0.717, 1.165) is 103 Å². The Bertz CT molecular complexity index is 1120. The normalized spacial score (nSPS) is 12.5. The monoisotopic (exact) mass is 853 g/mol. The zero-order chi connectivity index (χ0) is 44.4. The van der Waals surface area contributed by atoms with Crippen LogP contribution in [0.25, 0.3) is 0 Å². The molecule has 0 spiro atoms. The number of hydrogen-bond acceptors (Lipinski definition) is 6. The predicted octanol–water partition coefficient (Wildman–Crippen LogP) is 16.9. The summed E-state index contributed by atoms with van der Waals surface area (Å²) in [6.45, 7) is 6.47. The fourth-order valence-electron chi connectivity index (χ4n) is 7.13. The lowest BCUT2D eigenvalue weighted by Crippen LogP contribution is -2.30. The first-order valence-electron chi connectivity index (χ1n) is 25.8. The highest BCUT2D eigenvalue weighted by Gasteiger charge is 2.19. The van der Waals surface area contributed by atoms with Crippen molar-refractivity contribution in [1.82, 2.24) is 0 Å². The minimum absolute atomic E-state index is 0.0893. The first-order valence-corrected chi connectivity index (χ1v) is 25.8. The third kappa shape index (κ3) is 48.0. The van der Waals surface area contributed by atoms with Gasteiger partial charge in [-0.25, -0.2) is 0 Å². The van der Waals surface area contributed by atoms with Gasteiger partial charge in [-0.2, -0.15) is 0 Å². The Hall–Kier alpha value is -2.89. The number of rotatable bonds is 46. The van der Waals surface area contributed by atoms with E-state index in [4.69, 9.17) is 14.2 Å². The van der Waals surface area contributed by atoms with Crippen LogP contribution in [-0.2, 0) is 28.6 Å². The quantitative estimate of drug-likeness (QED) is 0.0263. The van der Waals surface area contributed by atoms with Gasteiger partial charge >= 0.3 is 17.9 Å². The molecule has 0 bridgehead atoms. The van der Waals surface area contributed by atoms with Crippen LogP contribution in [0.4, 0.5) is 0 Å². The number of carbonyl (C=O) groups is 3. The molecule has 1 atom stereocenters. The van der Waals surface area contributed by atoms with Gasteiger partial charge in [0.2, 0.25) is 0 Å². The first kappa shape index (κ1) is 58.1. The summed E-state index contributed by atoms with van der Waals surface area (Å²) in [6.07, 6.45) is 60.6. The molecule has 0 N–H and O–H groups in total. The minimum atomic E-state index is -0.789. The van der Waals surface area contributed by atoms with Gasteiger partial charge in [0.15, 0.2) is 6.10 Å². The summed E-state index contributed by atoms with van der Waals surface area (Å²) in [6, 6.07) is 0. The van der Waals surface area contributed by atoms with E-state index >= 15 is 0 Å². The highest BCUT2D eigenvalue weighted by Crippen LogP contribution is 2.15. The van der Waals surface area contributed by atoms with Gasteiger partial charge in [-0.1, -0.05) is 210 Å². The van der Waals surface area contributed by atoms with Gasteiger partial charge < -0.3 is 14.2 Å². The molecule has 0 saturated heterocycles. The van der Waals surface area contributed by atoms with Crippen LogP contribution < -0.4 is 0 Å². The molecule has 0 amide bonds. The van der Waals surface area contributed by atoms with Crippen LogP contribution in [0.2, 0.25) is 0 Å². The largest absolute Gasteiger partial charge is 0.462 e. The molecule has 0 radical (unpaired) electrons. The SMILES string of the molecule is CC/C=C\C/C=C\C/C=C\CCCCCC(=O)OCC(COC(=O)CCCCCCC/C=C\C/C=C\CCCCC)OC(=O)CCCCCCCCCCCCCCCCC. The van der Waals surface area contributed by atoms with Crippen molar-refractivity contribution in [1.29, 1.82) is 0 Å². The zero-order valence-corrected chi connectivity index (χ0v) is 40.2. The van der Waals surface area contributed by atoms with E-state index in [0.29, 0.717) is 19.3 Å². The summed E-state index contributed by atoms with van der Waals surface area (Å²) in [5, 5.41) is 0. The number of ether oxygens (including phenoxy) is 3. The zero-order valence-electron chi connectivity index (χ0n) is 40.2. The molecule has 0 aliphatic rings. The molecule has 0 aromatic carbocycles. The van der Waals surface area contributed by atoms with Gasteiger partial charge in [0.25, 0.3) is 0 Å². The highest BCUT2D eigenvalue weighted by atomic mass is 16.6. The van der Waals surface area contributed by atoms with E-state index < -0.39 is 6.10 Å². The average Bonchev–Trinajstić information content (AvgIpc) is 3.26. The van der Waals surface area contributed by atoms with E-state index in [9.17, 15) is 14.4 Å². The van der Waals surface area contributed by atoms with Crippen LogP contribution in [0, 0.1) is 0 Å². The highest BCUT2D eigenvalue weighted by molar-refractivity contribution is 5.71. The molecule has 0 rings (SSSR count). The number of hydrogen-bond donors (Lipinski definition) is 0. The second-order valence-corrected chi connectivity index (χ2v) is 17.1. The second-order valence-electron chi connectivity index (χ2n) is 17.1. The van der Waals surface area contributed by atoms with Crippen molar-refractivity contribution in [2.45, 2.75) is 258 Å². The van der Waals surface area contributed by atoms with Crippen molar-refractivity contribution in [3.63, 3.8) is 0 Å². The topological polar surface area (TPSA) is 78.9 Å². The van der Waals surface area contributed by atoms with Crippen LogP contribution in [0.1, 0.15) is 252 Å². The van der Waals surface area contributed by atoms with Gasteiger partial charge in [-0.15, -0.1) is 0 Å². The summed E-state index contributed by atoms with van der Waals surface area (Å²) in [5.41, 5.74) is 0. The lowest BCUT2D eigenvalue weighted by Gasteiger charge is -2.18. The molecule has 6 heteroatoms. The summed E-state index contributed by atoms with van der Waals surface area (Å²) in [5.74, 6) is -0.926. The van der Waals surface area contributed by atoms with Crippen molar-refractivity contribution in [3.05, 3.63) is 60.8 Å². The summed E-state index contributed by atoms with van der Waals surface area (Å²) in [7, 11) is 0. The Morgan fingerprint density at radius 3 is 1.05 bits per heavy atom. The fourth-order valence-corrected chi connectivity index (χ4v) is 7.13. The molecule has 0 aromatic heterocycles. The van der Waals surface area contributed by atoms with Crippen molar-refractivity contribution in [2.75, 3.05) is 13.2 Å². The summed E-state index contributed by atoms with van der Waals surface area (Å²) < 4.78 is 16.8. The van der Waals surface area contributed by atoms with Crippen LogP contribution in [-0.4, -0.2) is 37.2 Å². The molecule has 1 unspecified atom stereocenters. The van der Waals surface area contributed by atoms with E-state index in [-0.39, 0.29) is 31.1 Å². The lowest BCUT2D eigenvalue weighted by atomic mass is 10.0. The van der Waals surface area contributed by atoms with Crippen molar-refractivity contribution in [3.8, 4) is 0 Å². The maximum Gasteiger partial charge on any atom is 0.306 e. The summed E-state index contributed by atoms with van der Waals surface area (Å²) in [4.78, 5) is 37.9. The molecule has 0 aliphatic carbocycles. The van der Waals surface area contributed by atoms with Crippen LogP contribution >= 0.6 is 0 Å². The van der Waals surface area contributed by atoms with E-state index in [2.05, 4.69) is 81.5 Å². The van der Waals surface area contributed by atoms with Crippen LogP contribution in [0.5, 0.6) is 0 Å². The van der Waals surface area contributed by atoms with Gasteiger partial charge in [0.05, 0.1) is 0 Å². The molecule has 0 aromatic rings. The predicted molar refractivity (Wildman–Crippen MR) is 261 cm³/mol. The van der Waals surface area contributed by atoms with Gasteiger partial charge in [0.1, 0.15) is 13.2 Å². The van der Waals surface area contributed by atoms with Crippen LogP contribution in [0.15, 0.2) is 60.8 Å². The molecule has 0 aliphatic heterocycles. The van der Waals surface area contributed by atoms with Crippen molar-refractivity contribution >= 4 is 17.9 Å². The first-order chi connectivity index (χ1) is 30.0. The lowest BCUT2D eigenvalue weighted by molar-refractivity contribution is -0.167. The molecule has 6 nitrogen and oxygen atoms in total. The average molecular weight is 853 g/mol. The maximum atomic E-state index is 12.8. The molecule has 0 saturated carbocycles. The van der Waals surface area contributed by atoms with E-state index in [1.54, 1.807) is 0 Å². The Morgan fingerprint density at radius 1 is 0.344 bits per heavy atom. The van der Waals surface area contributed by atoms with Gasteiger partial charge in [-0.05, 0) is 83.5 Å². The number of allylic oxidation sites excluding steroid dienone is 10. The third-order valence-corrected chi connectivity index (χ3v) is 11.0.